The molecule has 4 rings (SSSR count). The standard InChI is InChI=1S/C29H35FN6O/c1-19-15-24(35(5)33-11-8-25(19)22-6-7-27(31)32-17-22)18-36-12-9-21(10-13-36)28-20(2)14-23(16-26(28)30)29(37)34(3)4/h6-9,11,14-17,33H,10,12-13,18H2,1-5H3,(H2,31,32). The van der Waals surface area contributed by atoms with E-state index in [1.807, 2.05) is 43.0 Å². The van der Waals surface area contributed by atoms with E-state index in [1.165, 1.54) is 11.0 Å². The average molecular weight is 503 g/mol. The van der Waals surface area contributed by atoms with Gasteiger partial charge in [0.15, 0.2) is 0 Å². The number of nitrogens with one attached hydrogen (secondary N) is 1. The van der Waals surface area contributed by atoms with E-state index >= 15 is 4.39 Å². The van der Waals surface area contributed by atoms with Crippen LogP contribution in [0.2, 0.25) is 0 Å². The second kappa shape index (κ2) is 11.0. The molecule has 0 aliphatic carbocycles. The van der Waals surface area contributed by atoms with Crippen LogP contribution in [0.4, 0.5) is 10.2 Å². The minimum Gasteiger partial charge on any atom is -0.384 e. The van der Waals surface area contributed by atoms with Crippen molar-refractivity contribution in [2.24, 2.45) is 7.05 Å². The molecule has 1 aliphatic rings. The number of amides is 1. The zero-order chi connectivity index (χ0) is 26.7. The van der Waals surface area contributed by atoms with Crippen LogP contribution < -0.4 is 5.73 Å². The summed E-state index contributed by atoms with van der Waals surface area (Å²) in [5.41, 5.74) is 12.9. The molecule has 3 aromatic rings. The maximum absolute atomic E-state index is 15.1. The van der Waals surface area contributed by atoms with Crippen molar-refractivity contribution in [3.63, 3.8) is 0 Å². The van der Waals surface area contributed by atoms with Gasteiger partial charge in [-0.2, -0.15) is 0 Å². The molecule has 3 N–H and O–H groups in total. The van der Waals surface area contributed by atoms with Crippen LogP contribution in [0.25, 0.3) is 16.7 Å². The topological polar surface area (TPSA) is 83.2 Å². The lowest BCUT2D eigenvalue weighted by molar-refractivity contribution is 0.0827. The molecule has 0 bridgehead atoms. The van der Waals surface area contributed by atoms with Gasteiger partial charge in [0, 0.05) is 75.6 Å². The van der Waals surface area contributed by atoms with Gasteiger partial charge in [0.05, 0.1) is 0 Å². The number of aromatic amines is 1. The number of carbonyl (C=O) groups is 1. The summed E-state index contributed by atoms with van der Waals surface area (Å²) >= 11 is 0. The number of pyridine rings is 1. The van der Waals surface area contributed by atoms with Crippen molar-refractivity contribution < 1.29 is 9.18 Å². The van der Waals surface area contributed by atoms with Crippen LogP contribution in [-0.2, 0) is 13.6 Å². The number of hydrogen-bond acceptors (Lipinski definition) is 4. The highest BCUT2D eigenvalue weighted by Crippen LogP contribution is 2.30. The molecule has 0 unspecified atom stereocenters. The molecule has 1 aliphatic heterocycles. The second-order valence-corrected chi connectivity index (χ2v) is 9.79. The van der Waals surface area contributed by atoms with Gasteiger partial charge < -0.3 is 15.7 Å². The minimum absolute atomic E-state index is 0.197. The van der Waals surface area contributed by atoms with E-state index in [9.17, 15) is 4.79 Å². The monoisotopic (exact) mass is 502 g/mol. The Morgan fingerprint density at radius 1 is 1.16 bits per heavy atom. The van der Waals surface area contributed by atoms with Crippen molar-refractivity contribution in [1.82, 2.24) is 24.6 Å². The van der Waals surface area contributed by atoms with Crippen LogP contribution in [0.1, 0.15) is 39.2 Å². The van der Waals surface area contributed by atoms with E-state index in [0.717, 1.165) is 53.0 Å². The van der Waals surface area contributed by atoms with Crippen molar-refractivity contribution >= 4 is 17.3 Å². The fourth-order valence-corrected chi connectivity index (χ4v) is 4.75. The number of aryl methyl sites for hydroxylation is 3. The number of H-pyrrole nitrogens is 1. The Morgan fingerprint density at radius 3 is 2.57 bits per heavy atom. The Balaban J connectivity index is 1.56. The number of nitrogen functional groups attached to an aromatic ring is 1. The van der Waals surface area contributed by atoms with Crippen molar-refractivity contribution in [2.45, 2.75) is 26.8 Å². The van der Waals surface area contributed by atoms with E-state index in [4.69, 9.17) is 5.73 Å². The molecule has 37 heavy (non-hydrogen) atoms. The number of aromatic nitrogens is 3. The predicted octanol–water partition coefficient (Wildman–Crippen LogP) is 4.87. The fourth-order valence-electron chi connectivity index (χ4n) is 4.75. The molecule has 0 spiro atoms. The SMILES string of the molecule is Cc1cc(CN2CC=C(c3c(C)cc(C(=O)N(C)C)cc3F)CC2)n(C)[nH]ccc1-c1ccc(N)nc1. The van der Waals surface area contributed by atoms with Crippen LogP contribution >= 0.6 is 0 Å². The van der Waals surface area contributed by atoms with Crippen LogP contribution in [0.3, 0.4) is 0 Å². The number of halogens is 1. The summed E-state index contributed by atoms with van der Waals surface area (Å²) in [5, 5.41) is 3.31. The normalized spacial score (nSPS) is 13.7. The molecule has 8 heteroatoms. The van der Waals surface area contributed by atoms with Crippen molar-refractivity contribution in [1.29, 1.82) is 0 Å². The van der Waals surface area contributed by atoms with Gasteiger partial charge in [-0.25, -0.2) is 9.37 Å². The number of rotatable bonds is 5. The summed E-state index contributed by atoms with van der Waals surface area (Å²) in [7, 11) is 5.34. The zero-order valence-electron chi connectivity index (χ0n) is 22.2. The molecular formula is C29H35FN6O. The molecule has 1 amide bonds. The summed E-state index contributed by atoms with van der Waals surface area (Å²) in [6, 6.07) is 11.1. The fraction of sp³-hybridized carbons (Fsp3) is 0.310. The highest BCUT2D eigenvalue weighted by atomic mass is 19.1. The van der Waals surface area contributed by atoms with E-state index in [-0.39, 0.29) is 11.7 Å². The van der Waals surface area contributed by atoms with Crippen LogP contribution in [0.15, 0.2) is 54.9 Å². The highest BCUT2D eigenvalue weighted by Gasteiger charge is 2.20. The van der Waals surface area contributed by atoms with E-state index < -0.39 is 0 Å². The van der Waals surface area contributed by atoms with Crippen LogP contribution in [-0.4, -0.2) is 57.7 Å². The first kappa shape index (κ1) is 26.2. The van der Waals surface area contributed by atoms with Crippen molar-refractivity contribution in [2.75, 3.05) is 32.9 Å². The predicted molar refractivity (Wildman–Crippen MR) is 147 cm³/mol. The molecule has 0 saturated heterocycles. The molecule has 1 aromatic carbocycles. The van der Waals surface area contributed by atoms with Gasteiger partial charge in [-0.05, 0) is 78.9 Å². The molecule has 194 valence electrons. The van der Waals surface area contributed by atoms with Gasteiger partial charge >= 0.3 is 0 Å². The van der Waals surface area contributed by atoms with Crippen molar-refractivity contribution in [3.8, 4) is 11.1 Å². The lowest BCUT2D eigenvalue weighted by atomic mass is 9.93. The van der Waals surface area contributed by atoms with Gasteiger partial charge in [0.25, 0.3) is 5.91 Å². The first-order chi connectivity index (χ1) is 17.6. The maximum atomic E-state index is 15.1. The van der Waals surface area contributed by atoms with Gasteiger partial charge in [0.2, 0.25) is 0 Å². The van der Waals surface area contributed by atoms with Gasteiger partial charge in [-0.3, -0.25) is 14.4 Å². The Labute approximate surface area is 217 Å². The van der Waals surface area contributed by atoms with Crippen LogP contribution in [0, 0.1) is 19.7 Å². The lowest BCUT2D eigenvalue weighted by Gasteiger charge is -2.28. The quantitative estimate of drug-likeness (QED) is 0.522. The summed E-state index contributed by atoms with van der Waals surface area (Å²) in [6.45, 7) is 6.23. The summed E-state index contributed by atoms with van der Waals surface area (Å²) in [4.78, 5) is 20.3. The number of hydrogen-bond donors (Lipinski definition) is 2. The smallest absolute Gasteiger partial charge is 0.253 e. The summed E-state index contributed by atoms with van der Waals surface area (Å²) in [5.74, 6) is -0.0390. The molecule has 3 heterocycles. The third-order valence-electron chi connectivity index (χ3n) is 6.79. The number of benzene rings is 1. The highest BCUT2D eigenvalue weighted by molar-refractivity contribution is 5.94. The molecular weight excluding hydrogens is 467 g/mol. The Bertz CT molecular complexity index is 1360. The number of anilines is 1. The third-order valence-corrected chi connectivity index (χ3v) is 6.79. The van der Waals surface area contributed by atoms with E-state index in [0.29, 0.717) is 23.5 Å². The zero-order valence-corrected chi connectivity index (χ0v) is 22.2. The number of nitrogens with two attached hydrogens (primary N) is 1. The van der Waals surface area contributed by atoms with Crippen molar-refractivity contribution in [3.05, 3.63) is 88.6 Å². The Hall–Kier alpha value is -3.91. The Morgan fingerprint density at radius 2 is 1.95 bits per heavy atom. The van der Waals surface area contributed by atoms with E-state index in [2.05, 4.69) is 34.0 Å². The lowest BCUT2D eigenvalue weighted by Crippen LogP contribution is -2.29. The number of carbonyl (C=O) groups excluding carboxylic acids is 1. The molecule has 7 nitrogen and oxygen atoms in total. The molecule has 0 radical (unpaired) electrons. The van der Waals surface area contributed by atoms with Gasteiger partial charge in [-0.15, -0.1) is 0 Å². The summed E-state index contributed by atoms with van der Waals surface area (Å²) < 4.78 is 17.1. The van der Waals surface area contributed by atoms with Gasteiger partial charge in [0.1, 0.15) is 11.6 Å². The Kier molecular flexibility index (Phi) is 7.78. The van der Waals surface area contributed by atoms with Gasteiger partial charge in [-0.1, -0.05) is 6.08 Å². The molecule has 0 atom stereocenters. The first-order valence-corrected chi connectivity index (χ1v) is 12.4. The first-order valence-electron chi connectivity index (χ1n) is 12.4. The molecule has 2 aromatic heterocycles. The third kappa shape index (κ3) is 5.91. The van der Waals surface area contributed by atoms with Crippen LogP contribution in [0.5, 0.6) is 0 Å². The largest absolute Gasteiger partial charge is 0.384 e. The molecule has 0 saturated carbocycles. The summed E-state index contributed by atoms with van der Waals surface area (Å²) in [6.07, 6.45) is 6.55. The molecule has 0 fully saturated rings. The second-order valence-electron chi connectivity index (χ2n) is 9.79. The van der Waals surface area contributed by atoms with E-state index in [1.54, 1.807) is 26.4 Å². The average Bonchev–Trinajstić information content (AvgIpc) is 2.86. The minimum atomic E-state index is -0.339. The maximum Gasteiger partial charge on any atom is 0.253 e. The number of nitrogens with zero attached hydrogens (tertiary/aromatic N) is 4.